The van der Waals surface area contributed by atoms with Gasteiger partial charge in [0.15, 0.2) is 0 Å². The van der Waals surface area contributed by atoms with Gasteiger partial charge in [-0.2, -0.15) is 0 Å². The van der Waals surface area contributed by atoms with Gasteiger partial charge in [0.2, 0.25) is 5.91 Å². The highest BCUT2D eigenvalue weighted by Gasteiger charge is 2.36. The molecule has 74 valence electrons. The summed E-state index contributed by atoms with van der Waals surface area (Å²) in [6.07, 6.45) is 4.37. The highest BCUT2D eigenvalue weighted by Crippen LogP contribution is 2.31. The topological polar surface area (TPSA) is 20.3 Å². The van der Waals surface area contributed by atoms with Gasteiger partial charge in [0.1, 0.15) is 0 Å². The average molecular weight is 202 g/mol. The van der Waals surface area contributed by atoms with Crippen molar-refractivity contribution < 1.29 is 4.79 Å². The molecule has 2 atom stereocenters. The Labute approximate surface area is 84.2 Å². The van der Waals surface area contributed by atoms with Gasteiger partial charge in [-0.05, 0) is 26.2 Å². The fraction of sp³-hybridized carbons (Fsp3) is 0.900. The van der Waals surface area contributed by atoms with Crippen molar-refractivity contribution in [2.75, 3.05) is 6.54 Å². The normalized spacial score (nSPS) is 34.8. The molecule has 0 bridgehead atoms. The van der Waals surface area contributed by atoms with Crippen LogP contribution in [0.2, 0.25) is 0 Å². The zero-order chi connectivity index (χ0) is 9.42. The monoisotopic (exact) mass is 201 g/mol. The van der Waals surface area contributed by atoms with Gasteiger partial charge in [0, 0.05) is 18.5 Å². The molecule has 3 heteroatoms. The van der Waals surface area contributed by atoms with Crippen molar-refractivity contribution in [3.63, 3.8) is 0 Å². The molecular formula is C10H16ClNO. The number of nitrogens with zero attached hydrogens (tertiary/aromatic N) is 1. The molecule has 1 saturated carbocycles. The number of alkyl halides is 1. The minimum absolute atomic E-state index is 0.180. The second-order valence-corrected chi connectivity index (χ2v) is 4.92. The minimum Gasteiger partial charge on any atom is -0.338 e. The zero-order valence-electron chi connectivity index (χ0n) is 8.00. The number of hydrogen-bond donors (Lipinski definition) is 0. The van der Waals surface area contributed by atoms with Gasteiger partial charge in [-0.1, -0.05) is 6.42 Å². The third-order valence-electron chi connectivity index (χ3n) is 3.26. The lowest BCUT2D eigenvalue weighted by Crippen LogP contribution is -2.40. The van der Waals surface area contributed by atoms with Crippen LogP contribution in [0.25, 0.3) is 0 Å². The summed E-state index contributed by atoms with van der Waals surface area (Å²) < 4.78 is 0. The van der Waals surface area contributed by atoms with Gasteiger partial charge in [-0.15, -0.1) is 11.6 Å². The number of amides is 1. The summed E-state index contributed by atoms with van der Waals surface area (Å²) in [4.78, 5) is 13.8. The summed E-state index contributed by atoms with van der Waals surface area (Å²) in [5.74, 6) is 0.673. The van der Waals surface area contributed by atoms with E-state index in [4.69, 9.17) is 11.6 Å². The van der Waals surface area contributed by atoms with Crippen LogP contribution in [-0.4, -0.2) is 28.8 Å². The van der Waals surface area contributed by atoms with Crippen molar-refractivity contribution in [3.8, 4) is 0 Å². The molecule has 13 heavy (non-hydrogen) atoms. The smallest absolute Gasteiger partial charge is 0.225 e. The maximum Gasteiger partial charge on any atom is 0.225 e. The Balaban J connectivity index is 1.95. The van der Waals surface area contributed by atoms with Gasteiger partial charge < -0.3 is 4.90 Å². The largest absolute Gasteiger partial charge is 0.338 e. The molecule has 1 heterocycles. The molecule has 0 spiro atoms. The van der Waals surface area contributed by atoms with E-state index in [1.807, 2.05) is 4.90 Å². The van der Waals surface area contributed by atoms with Crippen molar-refractivity contribution >= 4 is 17.5 Å². The first kappa shape index (κ1) is 9.32. The molecule has 1 amide bonds. The minimum atomic E-state index is 0.180. The highest BCUT2D eigenvalue weighted by molar-refractivity contribution is 6.21. The number of rotatable bonds is 1. The van der Waals surface area contributed by atoms with E-state index in [0.29, 0.717) is 17.9 Å². The Hall–Kier alpha value is -0.240. The summed E-state index contributed by atoms with van der Waals surface area (Å²) in [7, 11) is 0. The SMILES string of the molecule is CC1CC(Cl)CN1C(=O)C1CCC1. The number of likely N-dealkylation sites (tertiary alicyclic amines) is 1. The third kappa shape index (κ3) is 1.69. The van der Waals surface area contributed by atoms with Crippen LogP contribution in [0.15, 0.2) is 0 Å². The standard InChI is InChI=1S/C10H16ClNO/c1-7-5-9(11)6-12(7)10(13)8-3-2-4-8/h7-9H,2-6H2,1H3. The lowest BCUT2D eigenvalue weighted by Gasteiger charge is -2.31. The summed E-state index contributed by atoms with van der Waals surface area (Å²) >= 11 is 6.02. The van der Waals surface area contributed by atoms with E-state index in [2.05, 4.69) is 6.92 Å². The van der Waals surface area contributed by atoms with E-state index in [-0.39, 0.29) is 5.38 Å². The first-order valence-corrected chi connectivity index (χ1v) is 5.56. The first-order valence-electron chi connectivity index (χ1n) is 5.13. The number of halogens is 1. The zero-order valence-corrected chi connectivity index (χ0v) is 8.76. The molecule has 1 aliphatic carbocycles. The van der Waals surface area contributed by atoms with Crippen LogP contribution in [0.5, 0.6) is 0 Å². The van der Waals surface area contributed by atoms with Crippen molar-refractivity contribution in [1.29, 1.82) is 0 Å². The Bertz CT molecular complexity index is 215. The van der Waals surface area contributed by atoms with E-state index in [1.54, 1.807) is 0 Å². The molecular weight excluding hydrogens is 186 g/mol. The fourth-order valence-corrected chi connectivity index (χ4v) is 2.57. The molecule has 0 aromatic heterocycles. The van der Waals surface area contributed by atoms with Crippen LogP contribution < -0.4 is 0 Å². The van der Waals surface area contributed by atoms with Crippen LogP contribution in [0.3, 0.4) is 0 Å². The van der Waals surface area contributed by atoms with Crippen LogP contribution in [0.1, 0.15) is 32.6 Å². The summed E-state index contributed by atoms with van der Waals surface area (Å²) in [5, 5.41) is 0.180. The van der Waals surface area contributed by atoms with Crippen LogP contribution in [0, 0.1) is 5.92 Å². The average Bonchev–Trinajstić information content (AvgIpc) is 2.26. The molecule has 2 nitrogen and oxygen atoms in total. The van der Waals surface area contributed by atoms with Gasteiger partial charge in [-0.25, -0.2) is 0 Å². The first-order chi connectivity index (χ1) is 6.18. The van der Waals surface area contributed by atoms with Crippen LogP contribution in [0.4, 0.5) is 0 Å². The van der Waals surface area contributed by atoms with Crippen LogP contribution >= 0.6 is 11.6 Å². The molecule has 0 aromatic rings. The molecule has 2 rings (SSSR count). The van der Waals surface area contributed by atoms with E-state index in [1.165, 1.54) is 6.42 Å². The Kier molecular flexibility index (Phi) is 2.50. The number of hydrogen-bond acceptors (Lipinski definition) is 1. The third-order valence-corrected chi connectivity index (χ3v) is 3.58. The molecule has 0 aromatic carbocycles. The maximum atomic E-state index is 11.9. The molecule has 1 aliphatic heterocycles. The van der Waals surface area contributed by atoms with Crippen molar-refractivity contribution in [2.24, 2.45) is 5.92 Å². The summed E-state index contributed by atoms with van der Waals surface area (Å²) in [6.45, 7) is 2.86. The molecule has 2 unspecified atom stereocenters. The van der Waals surface area contributed by atoms with Crippen molar-refractivity contribution in [2.45, 2.75) is 44.0 Å². The Morgan fingerprint density at radius 1 is 1.46 bits per heavy atom. The highest BCUT2D eigenvalue weighted by atomic mass is 35.5. The van der Waals surface area contributed by atoms with E-state index in [0.717, 1.165) is 25.8 Å². The van der Waals surface area contributed by atoms with Gasteiger partial charge in [0.05, 0.1) is 5.38 Å². The van der Waals surface area contributed by atoms with Gasteiger partial charge in [-0.3, -0.25) is 4.79 Å². The fourth-order valence-electron chi connectivity index (χ4n) is 2.16. The molecule has 0 radical (unpaired) electrons. The lowest BCUT2D eigenvalue weighted by molar-refractivity contribution is -0.138. The van der Waals surface area contributed by atoms with Gasteiger partial charge >= 0.3 is 0 Å². The van der Waals surface area contributed by atoms with E-state index < -0.39 is 0 Å². The summed E-state index contributed by atoms with van der Waals surface area (Å²) in [6, 6.07) is 0.357. The number of carbonyl (C=O) groups is 1. The predicted molar refractivity (Wildman–Crippen MR) is 52.8 cm³/mol. The van der Waals surface area contributed by atoms with Crippen molar-refractivity contribution in [1.82, 2.24) is 4.90 Å². The number of carbonyl (C=O) groups excluding carboxylic acids is 1. The second kappa shape index (κ2) is 3.49. The van der Waals surface area contributed by atoms with E-state index >= 15 is 0 Å². The molecule has 2 aliphatic rings. The maximum absolute atomic E-state index is 11.9. The van der Waals surface area contributed by atoms with E-state index in [9.17, 15) is 4.79 Å². The second-order valence-electron chi connectivity index (χ2n) is 4.30. The Morgan fingerprint density at radius 2 is 2.15 bits per heavy atom. The summed E-state index contributed by atoms with van der Waals surface area (Å²) in [5.41, 5.74) is 0. The van der Waals surface area contributed by atoms with Crippen molar-refractivity contribution in [3.05, 3.63) is 0 Å². The van der Waals surface area contributed by atoms with Crippen LogP contribution in [-0.2, 0) is 4.79 Å². The predicted octanol–water partition coefficient (Wildman–Crippen LogP) is 2.01. The molecule has 0 N–H and O–H groups in total. The quantitative estimate of drug-likeness (QED) is 0.595. The lowest BCUT2D eigenvalue weighted by atomic mass is 9.84. The Morgan fingerprint density at radius 3 is 2.54 bits per heavy atom. The molecule has 2 fully saturated rings. The van der Waals surface area contributed by atoms with Gasteiger partial charge in [0.25, 0.3) is 0 Å². The molecule has 1 saturated heterocycles.